The Hall–Kier alpha value is -4.31. The number of aromatic nitrogens is 2. The third kappa shape index (κ3) is 4.93. The molecule has 3 fully saturated rings. The van der Waals surface area contributed by atoms with Crippen molar-refractivity contribution in [2.75, 3.05) is 42.9 Å². The van der Waals surface area contributed by atoms with Gasteiger partial charge in [0.1, 0.15) is 11.6 Å². The molecule has 1 aromatic heterocycles. The molecule has 3 atom stereocenters. The second kappa shape index (κ2) is 10.3. The number of carbonyl (C=O) groups is 2. The fourth-order valence-corrected chi connectivity index (χ4v) is 6.58. The molecular formula is C31H30F2N6O2. The largest absolute Gasteiger partial charge is 0.365 e. The van der Waals surface area contributed by atoms with Gasteiger partial charge >= 0.3 is 0 Å². The number of aromatic amines is 1. The molecule has 10 heteroatoms. The number of amides is 2. The summed E-state index contributed by atoms with van der Waals surface area (Å²) in [5.41, 5.74) is 3.83. The first kappa shape index (κ1) is 25.6. The van der Waals surface area contributed by atoms with Crippen molar-refractivity contribution < 1.29 is 18.4 Å². The van der Waals surface area contributed by atoms with Gasteiger partial charge in [-0.05, 0) is 80.1 Å². The lowest BCUT2D eigenvalue weighted by Crippen LogP contribution is -2.51. The van der Waals surface area contributed by atoms with E-state index in [9.17, 15) is 18.4 Å². The normalized spacial score (nSPS) is 22.1. The summed E-state index contributed by atoms with van der Waals surface area (Å²) >= 11 is 0. The highest BCUT2D eigenvalue weighted by Crippen LogP contribution is 2.35. The minimum atomic E-state index is -0.311. The number of benzene rings is 3. The van der Waals surface area contributed by atoms with E-state index in [1.54, 1.807) is 24.3 Å². The van der Waals surface area contributed by atoms with E-state index in [0.717, 1.165) is 35.1 Å². The Morgan fingerprint density at radius 3 is 2.59 bits per heavy atom. The van der Waals surface area contributed by atoms with Gasteiger partial charge in [-0.3, -0.25) is 19.6 Å². The highest BCUT2D eigenvalue weighted by Gasteiger charge is 2.45. The van der Waals surface area contributed by atoms with Crippen LogP contribution in [0.3, 0.4) is 0 Å². The molecule has 8 nitrogen and oxygen atoms in total. The van der Waals surface area contributed by atoms with Crippen LogP contribution >= 0.6 is 0 Å². The van der Waals surface area contributed by atoms with Gasteiger partial charge in [0.2, 0.25) is 11.8 Å². The van der Waals surface area contributed by atoms with Crippen LogP contribution in [0.25, 0.3) is 22.2 Å². The molecule has 7 rings (SSSR count). The summed E-state index contributed by atoms with van der Waals surface area (Å²) in [5, 5.41) is 11.2. The average molecular weight is 557 g/mol. The first-order valence-corrected chi connectivity index (χ1v) is 14.0. The van der Waals surface area contributed by atoms with Crippen LogP contribution in [0.5, 0.6) is 0 Å². The molecular weight excluding hydrogens is 526 g/mol. The summed E-state index contributed by atoms with van der Waals surface area (Å²) in [4.78, 5) is 32.6. The Morgan fingerprint density at radius 1 is 0.951 bits per heavy atom. The zero-order chi connectivity index (χ0) is 28.1. The molecule has 0 spiro atoms. The molecule has 2 bridgehead atoms. The van der Waals surface area contributed by atoms with Crippen molar-refractivity contribution in [2.24, 2.45) is 5.92 Å². The predicted molar refractivity (Wildman–Crippen MR) is 152 cm³/mol. The van der Waals surface area contributed by atoms with E-state index in [2.05, 4.69) is 25.3 Å². The highest BCUT2D eigenvalue weighted by molar-refractivity contribution is 5.99. The number of anilines is 2. The maximum atomic E-state index is 13.7. The highest BCUT2D eigenvalue weighted by atomic mass is 19.1. The lowest BCUT2D eigenvalue weighted by atomic mass is 10.1. The van der Waals surface area contributed by atoms with Crippen LogP contribution in [0.4, 0.5) is 20.2 Å². The number of piperazine rings is 1. The van der Waals surface area contributed by atoms with Crippen molar-refractivity contribution in [2.45, 2.75) is 24.9 Å². The Labute approximate surface area is 235 Å². The number of hydrogen-bond acceptors (Lipinski definition) is 5. The smallest absolute Gasteiger partial charge is 0.237 e. The number of likely N-dealkylation sites (tertiary alicyclic amines) is 2. The van der Waals surface area contributed by atoms with Crippen molar-refractivity contribution in [3.63, 3.8) is 0 Å². The van der Waals surface area contributed by atoms with Crippen molar-refractivity contribution in [3.05, 3.63) is 78.4 Å². The number of rotatable bonds is 6. The van der Waals surface area contributed by atoms with Crippen LogP contribution in [0, 0.1) is 17.6 Å². The van der Waals surface area contributed by atoms with Gasteiger partial charge in [0, 0.05) is 48.0 Å². The Morgan fingerprint density at radius 2 is 1.80 bits per heavy atom. The fraction of sp³-hybridized carbons (Fsp3) is 0.323. The molecule has 0 aliphatic carbocycles. The lowest BCUT2D eigenvalue weighted by Gasteiger charge is -2.36. The van der Waals surface area contributed by atoms with Crippen molar-refractivity contribution in [3.8, 4) is 11.3 Å². The molecule has 3 aromatic carbocycles. The number of nitrogens with one attached hydrogen (secondary N) is 2. The van der Waals surface area contributed by atoms with Crippen LogP contribution < -0.4 is 10.2 Å². The first-order valence-electron chi connectivity index (χ1n) is 14.0. The second-order valence-electron chi connectivity index (χ2n) is 11.3. The van der Waals surface area contributed by atoms with Gasteiger partial charge in [-0.2, -0.15) is 5.10 Å². The molecule has 4 heterocycles. The number of nitrogens with zero attached hydrogens (tertiary/aromatic N) is 4. The van der Waals surface area contributed by atoms with E-state index in [1.165, 1.54) is 18.2 Å². The molecule has 2 N–H and O–H groups in total. The summed E-state index contributed by atoms with van der Waals surface area (Å²) in [6.07, 6.45) is 1.59. The van der Waals surface area contributed by atoms with Crippen LogP contribution in [0.2, 0.25) is 0 Å². The minimum absolute atomic E-state index is 0.0721. The van der Waals surface area contributed by atoms with E-state index in [0.29, 0.717) is 44.0 Å². The lowest BCUT2D eigenvalue weighted by molar-refractivity contribution is -0.133. The third-order valence-electron chi connectivity index (χ3n) is 8.65. The van der Waals surface area contributed by atoms with Crippen molar-refractivity contribution >= 4 is 34.1 Å². The fourth-order valence-electron chi connectivity index (χ4n) is 6.58. The van der Waals surface area contributed by atoms with Crippen molar-refractivity contribution in [1.82, 2.24) is 20.0 Å². The van der Waals surface area contributed by atoms with E-state index in [1.807, 2.05) is 29.2 Å². The summed E-state index contributed by atoms with van der Waals surface area (Å²) in [6, 6.07) is 18.7. The zero-order valence-corrected chi connectivity index (χ0v) is 22.4. The van der Waals surface area contributed by atoms with Crippen LogP contribution in [-0.4, -0.2) is 76.6 Å². The second-order valence-corrected chi connectivity index (χ2v) is 11.3. The first-order chi connectivity index (χ1) is 19.9. The Kier molecular flexibility index (Phi) is 6.42. The number of fused-ring (bicyclic) bond motifs is 3. The van der Waals surface area contributed by atoms with Gasteiger partial charge in [-0.15, -0.1) is 0 Å². The van der Waals surface area contributed by atoms with E-state index >= 15 is 0 Å². The minimum Gasteiger partial charge on any atom is -0.365 e. The van der Waals surface area contributed by atoms with Gasteiger partial charge in [-0.1, -0.05) is 6.07 Å². The van der Waals surface area contributed by atoms with Gasteiger partial charge < -0.3 is 15.1 Å². The van der Waals surface area contributed by atoms with Crippen LogP contribution in [0.15, 0.2) is 66.7 Å². The van der Waals surface area contributed by atoms with Crippen LogP contribution in [-0.2, 0) is 9.59 Å². The summed E-state index contributed by atoms with van der Waals surface area (Å²) < 4.78 is 27.1. The monoisotopic (exact) mass is 556 g/mol. The number of carbonyl (C=O) groups excluding carboxylic acids is 2. The Balaban J connectivity index is 0.946. The van der Waals surface area contributed by atoms with Crippen LogP contribution in [0.1, 0.15) is 12.8 Å². The molecule has 2 amide bonds. The summed E-state index contributed by atoms with van der Waals surface area (Å²) in [6.45, 7) is 2.89. The van der Waals surface area contributed by atoms with Crippen molar-refractivity contribution in [1.29, 1.82) is 0 Å². The molecule has 3 saturated heterocycles. The molecule has 3 aliphatic heterocycles. The van der Waals surface area contributed by atoms with Gasteiger partial charge in [0.05, 0.1) is 29.7 Å². The van der Waals surface area contributed by atoms with E-state index < -0.39 is 0 Å². The maximum absolute atomic E-state index is 13.7. The molecule has 210 valence electrons. The molecule has 3 aliphatic rings. The summed E-state index contributed by atoms with van der Waals surface area (Å²) in [5.74, 6) is -0.747. The van der Waals surface area contributed by atoms with E-state index in [-0.39, 0.29) is 41.5 Å². The van der Waals surface area contributed by atoms with Gasteiger partial charge in [-0.25, -0.2) is 8.78 Å². The zero-order valence-electron chi connectivity index (χ0n) is 22.4. The van der Waals surface area contributed by atoms with Gasteiger partial charge in [0.25, 0.3) is 0 Å². The molecule has 0 saturated carbocycles. The number of H-pyrrole nitrogens is 1. The summed E-state index contributed by atoms with van der Waals surface area (Å²) in [7, 11) is 0. The predicted octanol–water partition coefficient (Wildman–Crippen LogP) is 4.26. The quantitative estimate of drug-likeness (QED) is 0.371. The average Bonchev–Trinajstić information content (AvgIpc) is 3.77. The molecule has 41 heavy (non-hydrogen) atoms. The number of hydrogen-bond donors (Lipinski definition) is 2. The topological polar surface area (TPSA) is 84.6 Å². The Bertz CT molecular complexity index is 1620. The third-order valence-corrected chi connectivity index (χ3v) is 8.65. The standard InChI is InChI=1S/C31H30F2N6O2/c32-21-6-4-19(5-7-21)30-27-13-23(8-9-28(27)35-36-30)34-31(41)20-10-11-37(15-20)18-29(40)39-17-25-14-26(39)16-38(25)24-3-1-2-22(33)12-24/h1-9,12-13,20,25-26H,10-11,14-18H2,(H,34,41)(H,35,36)/t20-,25-,26-/m1/s1. The maximum Gasteiger partial charge on any atom is 0.237 e. The SMILES string of the molecule is O=C(Nc1ccc2[nH]nc(-c3ccc(F)cc3)c2c1)[C@@H]1CCN(CC(=O)N2C[C@H]3C[C@@H]2CN3c2cccc(F)c2)C1. The van der Waals surface area contributed by atoms with Gasteiger partial charge in [0.15, 0.2) is 0 Å². The molecule has 4 aromatic rings. The molecule has 0 radical (unpaired) electrons. The molecule has 0 unspecified atom stereocenters. The van der Waals surface area contributed by atoms with E-state index in [4.69, 9.17) is 0 Å². The number of halogens is 2.